The summed E-state index contributed by atoms with van der Waals surface area (Å²) in [4.78, 5) is 6.35. The van der Waals surface area contributed by atoms with Crippen LogP contribution in [0.4, 0.5) is 4.39 Å². The number of aliphatic hydroxyl groups excluding tert-OH is 1. The van der Waals surface area contributed by atoms with Crippen molar-refractivity contribution in [1.29, 1.82) is 0 Å². The molecule has 1 aromatic heterocycles. The zero-order valence-electron chi connectivity index (χ0n) is 11.9. The molecule has 106 valence electrons. The van der Waals surface area contributed by atoms with Crippen LogP contribution in [-0.4, -0.2) is 34.6 Å². The molecule has 0 amide bonds. The second kappa shape index (κ2) is 5.55. The van der Waals surface area contributed by atoms with E-state index in [0.717, 1.165) is 25.8 Å². The summed E-state index contributed by atoms with van der Waals surface area (Å²) < 4.78 is 12.8. The van der Waals surface area contributed by atoms with Crippen molar-refractivity contribution in [2.45, 2.75) is 33.3 Å². The maximum atomic E-state index is 12.8. The third kappa shape index (κ3) is 3.74. The van der Waals surface area contributed by atoms with Gasteiger partial charge in [-0.3, -0.25) is 4.98 Å². The lowest BCUT2D eigenvalue weighted by Gasteiger charge is -2.25. The third-order valence-electron chi connectivity index (χ3n) is 3.89. The third-order valence-corrected chi connectivity index (χ3v) is 3.89. The molecule has 2 atom stereocenters. The minimum absolute atomic E-state index is 0.0897. The zero-order valence-corrected chi connectivity index (χ0v) is 11.9. The maximum Gasteiger partial charge on any atom is 0.141 e. The van der Waals surface area contributed by atoms with Crippen molar-refractivity contribution in [1.82, 2.24) is 9.88 Å². The summed E-state index contributed by atoms with van der Waals surface area (Å²) >= 11 is 0. The predicted molar refractivity (Wildman–Crippen MR) is 73.2 cm³/mol. The normalized spacial score (nSPS) is 22.4. The summed E-state index contributed by atoms with van der Waals surface area (Å²) in [7, 11) is 0. The van der Waals surface area contributed by atoms with E-state index >= 15 is 0 Å². The van der Waals surface area contributed by atoms with E-state index < -0.39 is 6.10 Å². The highest BCUT2D eigenvalue weighted by Gasteiger charge is 2.31. The Bertz CT molecular complexity index is 419. The van der Waals surface area contributed by atoms with Crippen LogP contribution in [0, 0.1) is 17.2 Å². The molecule has 0 aromatic carbocycles. The molecule has 0 saturated carbocycles. The number of rotatable bonds is 4. The summed E-state index contributed by atoms with van der Waals surface area (Å²) in [6.07, 6.45) is 1.72. The average Bonchev–Trinajstić information content (AvgIpc) is 2.68. The van der Waals surface area contributed by atoms with Gasteiger partial charge < -0.3 is 10.0 Å². The summed E-state index contributed by atoms with van der Waals surface area (Å²) in [5.41, 5.74) is 0.922. The zero-order chi connectivity index (χ0) is 14.0. The first-order valence-corrected chi connectivity index (χ1v) is 6.89. The lowest BCUT2D eigenvalue weighted by Crippen LogP contribution is -2.30. The first-order chi connectivity index (χ1) is 8.87. The van der Waals surface area contributed by atoms with E-state index in [2.05, 4.69) is 23.7 Å². The number of pyridine rings is 1. The van der Waals surface area contributed by atoms with Gasteiger partial charge in [0.1, 0.15) is 5.82 Å². The Labute approximate surface area is 114 Å². The topological polar surface area (TPSA) is 36.4 Å². The Balaban J connectivity index is 1.92. The molecule has 2 rings (SSSR count). The van der Waals surface area contributed by atoms with Crippen LogP contribution in [0.15, 0.2) is 18.3 Å². The quantitative estimate of drug-likeness (QED) is 0.910. The van der Waals surface area contributed by atoms with E-state index in [1.165, 1.54) is 12.5 Å². The van der Waals surface area contributed by atoms with Gasteiger partial charge in [0, 0.05) is 19.0 Å². The second-order valence-corrected chi connectivity index (χ2v) is 6.47. The fraction of sp³-hybridized carbons (Fsp3) is 0.667. The molecule has 0 bridgehead atoms. The fourth-order valence-corrected chi connectivity index (χ4v) is 2.74. The minimum Gasteiger partial charge on any atom is -0.386 e. The lowest BCUT2D eigenvalue weighted by molar-refractivity contribution is 0.0884. The SMILES string of the molecule is CC(CN1CCC(C)(C)C1)C(O)c1ccc(F)cn1. The second-order valence-electron chi connectivity index (χ2n) is 6.47. The van der Waals surface area contributed by atoms with E-state index in [-0.39, 0.29) is 11.7 Å². The molecule has 0 aliphatic carbocycles. The van der Waals surface area contributed by atoms with Crippen molar-refractivity contribution in [3.05, 3.63) is 29.8 Å². The average molecular weight is 266 g/mol. The summed E-state index contributed by atoms with van der Waals surface area (Å²) in [6.45, 7) is 9.57. The van der Waals surface area contributed by atoms with E-state index in [0.29, 0.717) is 11.1 Å². The summed E-state index contributed by atoms with van der Waals surface area (Å²) in [5.74, 6) is -0.281. The van der Waals surface area contributed by atoms with Gasteiger partial charge in [-0.05, 0) is 30.5 Å². The molecule has 2 unspecified atom stereocenters. The van der Waals surface area contributed by atoms with Crippen molar-refractivity contribution in [3.8, 4) is 0 Å². The van der Waals surface area contributed by atoms with Gasteiger partial charge in [-0.1, -0.05) is 20.8 Å². The van der Waals surface area contributed by atoms with Crippen molar-refractivity contribution in [2.75, 3.05) is 19.6 Å². The van der Waals surface area contributed by atoms with Gasteiger partial charge in [0.25, 0.3) is 0 Å². The van der Waals surface area contributed by atoms with Crippen LogP contribution in [0.25, 0.3) is 0 Å². The van der Waals surface area contributed by atoms with Gasteiger partial charge in [-0.25, -0.2) is 4.39 Å². The van der Waals surface area contributed by atoms with Gasteiger partial charge in [-0.2, -0.15) is 0 Å². The Morgan fingerprint density at radius 3 is 2.74 bits per heavy atom. The predicted octanol–water partition coefficient (Wildman–Crippen LogP) is 2.62. The molecule has 1 aliphatic rings. The molecular weight excluding hydrogens is 243 g/mol. The minimum atomic E-state index is -0.635. The molecule has 1 fully saturated rings. The molecular formula is C15H23FN2O. The molecule has 1 N–H and O–H groups in total. The van der Waals surface area contributed by atoms with Gasteiger partial charge in [0.2, 0.25) is 0 Å². The number of nitrogens with zero attached hydrogens (tertiary/aromatic N) is 2. The first kappa shape index (κ1) is 14.4. The highest BCUT2D eigenvalue weighted by molar-refractivity contribution is 5.09. The van der Waals surface area contributed by atoms with Crippen LogP contribution in [0.5, 0.6) is 0 Å². The van der Waals surface area contributed by atoms with Crippen LogP contribution in [-0.2, 0) is 0 Å². The number of hydrogen-bond acceptors (Lipinski definition) is 3. The van der Waals surface area contributed by atoms with E-state index in [1.807, 2.05) is 6.92 Å². The number of aromatic nitrogens is 1. The monoisotopic (exact) mass is 266 g/mol. The Morgan fingerprint density at radius 1 is 1.47 bits per heavy atom. The first-order valence-electron chi connectivity index (χ1n) is 6.89. The fourth-order valence-electron chi connectivity index (χ4n) is 2.74. The number of halogens is 1. The molecule has 1 aromatic rings. The molecule has 0 spiro atoms. The lowest BCUT2D eigenvalue weighted by atomic mass is 9.93. The Kier molecular flexibility index (Phi) is 4.21. The molecule has 19 heavy (non-hydrogen) atoms. The largest absolute Gasteiger partial charge is 0.386 e. The highest BCUT2D eigenvalue weighted by atomic mass is 19.1. The number of likely N-dealkylation sites (tertiary alicyclic amines) is 1. The number of hydrogen-bond donors (Lipinski definition) is 1. The van der Waals surface area contributed by atoms with Gasteiger partial charge >= 0.3 is 0 Å². The Morgan fingerprint density at radius 2 is 2.21 bits per heavy atom. The van der Waals surface area contributed by atoms with E-state index in [1.54, 1.807) is 6.07 Å². The summed E-state index contributed by atoms with van der Waals surface area (Å²) in [6, 6.07) is 2.90. The van der Waals surface area contributed by atoms with Crippen LogP contribution >= 0.6 is 0 Å². The number of aliphatic hydroxyl groups is 1. The summed E-state index contributed by atoms with van der Waals surface area (Å²) in [5, 5.41) is 10.3. The molecule has 1 aliphatic heterocycles. The standard InChI is InChI=1S/C15H23FN2O/c1-11(9-18-7-6-15(2,3)10-18)14(19)13-5-4-12(16)8-17-13/h4-5,8,11,14,19H,6-7,9-10H2,1-3H3. The van der Waals surface area contributed by atoms with E-state index in [9.17, 15) is 9.50 Å². The van der Waals surface area contributed by atoms with E-state index in [4.69, 9.17) is 0 Å². The van der Waals surface area contributed by atoms with Crippen molar-refractivity contribution in [3.63, 3.8) is 0 Å². The van der Waals surface area contributed by atoms with Crippen LogP contribution in [0.3, 0.4) is 0 Å². The van der Waals surface area contributed by atoms with Crippen molar-refractivity contribution in [2.24, 2.45) is 11.3 Å². The van der Waals surface area contributed by atoms with Crippen LogP contribution in [0.1, 0.15) is 39.0 Å². The maximum absolute atomic E-state index is 12.8. The van der Waals surface area contributed by atoms with Crippen molar-refractivity contribution >= 4 is 0 Å². The van der Waals surface area contributed by atoms with Gasteiger partial charge in [-0.15, -0.1) is 0 Å². The molecule has 3 nitrogen and oxygen atoms in total. The smallest absolute Gasteiger partial charge is 0.141 e. The molecule has 1 saturated heterocycles. The molecule has 0 radical (unpaired) electrons. The molecule has 2 heterocycles. The van der Waals surface area contributed by atoms with Crippen LogP contribution < -0.4 is 0 Å². The van der Waals surface area contributed by atoms with Crippen molar-refractivity contribution < 1.29 is 9.50 Å². The van der Waals surface area contributed by atoms with Gasteiger partial charge in [0.05, 0.1) is 18.0 Å². The highest BCUT2D eigenvalue weighted by Crippen LogP contribution is 2.30. The Hall–Kier alpha value is -1.00. The molecule has 4 heteroatoms. The van der Waals surface area contributed by atoms with Crippen LogP contribution in [0.2, 0.25) is 0 Å². The van der Waals surface area contributed by atoms with Gasteiger partial charge in [0.15, 0.2) is 0 Å².